The van der Waals surface area contributed by atoms with Crippen LogP contribution in [0, 0.1) is 6.92 Å². The van der Waals surface area contributed by atoms with Crippen LogP contribution in [0.4, 0.5) is 0 Å². The van der Waals surface area contributed by atoms with E-state index in [0.29, 0.717) is 12.3 Å². The third-order valence-corrected chi connectivity index (χ3v) is 1.03. The van der Waals surface area contributed by atoms with Crippen molar-refractivity contribution in [1.82, 2.24) is 0 Å². The van der Waals surface area contributed by atoms with Gasteiger partial charge in [-0.05, 0) is 13.3 Å². The van der Waals surface area contributed by atoms with Gasteiger partial charge in [0, 0.05) is 5.88 Å². The predicted molar refractivity (Wildman–Crippen MR) is 35.1 cm³/mol. The van der Waals surface area contributed by atoms with Gasteiger partial charge in [0.1, 0.15) is 4.33 Å². The summed E-state index contributed by atoms with van der Waals surface area (Å²) in [5.74, 6) is 0.455. The molecule has 43 valence electrons. The van der Waals surface area contributed by atoms with Crippen LogP contribution >= 0.6 is 34.8 Å². The highest BCUT2D eigenvalue weighted by Gasteiger charge is 2.13. The van der Waals surface area contributed by atoms with Gasteiger partial charge in [-0.15, -0.1) is 34.8 Å². The van der Waals surface area contributed by atoms with E-state index in [2.05, 4.69) is 6.92 Å². The first-order valence-electron chi connectivity index (χ1n) is 1.85. The second-order valence-corrected chi connectivity index (χ2v) is 3.31. The molecule has 0 fully saturated rings. The Hall–Kier alpha value is 0.870. The smallest absolute Gasteiger partial charge is 0.119 e. The van der Waals surface area contributed by atoms with Crippen LogP contribution in [-0.4, -0.2) is 10.2 Å². The lowest BCUT2D eigenvalue weighted by Gasteiger charge is -2.07. The van der Waals surface area contributed by atoms with Gasteiger partial charge in [-0.2, -0.15) is 0 Å². The average molecular weight is 160 g/mol. The molecule has 0 N–H and O–H groups in total. The summed E-state index contributed by atoms with van der Waals surface area (Å²) in [7, 11) is 0. The molecule has 0 bridgehead atoms. The number of hydrogen-bond acceptors (Lipinski definition) is 0. The lowest BCUT2D eigenvalue weighted by molar-refractivity contribution is 0.900. The second-order valence-electron chi connectivity index (χ2n) is 1.29. The van der Waals surface area contributed by atoms with Crippen LogP contribution in [0.5, 0.6) is 0 Å². The van der Waals surface area contributed by atoms with Gasteiger partial charge in [0.2, 0.25) is 0 Å². The largest absolute Gasteiger partial charge is 0.127 e. The van der Waals surface area contributed by atoms with E-state index in [9.17, 15) is 0 Å². The monoisotopic (exact) mass is 159 g/mol. The molecule has 0 saturated heterocycles. The van der Waals surface area contributed by atoms with E-state index in [4.69, 9.17) is 34.8 Å². The number of hydrogen-bond donors (Lipinski definition) is 0. The second kappa shape index (κ2) is 3.01. The van der Waals surface area contributed by atoms with Gasteiger partial charge < -0.3 is 0 Å². The van der Waals surface area contributed by atoms with E-state index < -0.39 is 4.33 Å². The highest BCUT2D eigenvalue weighted by atomic mass is 35.5. The third-order valence-electron chi connectivity index (χ3n) is 0.460. The third kappa shape index (κ3) is 6.87. The molecule has 0 aromatic rings. The number of halogens is 3. The predicted octanol–water partition coefficient (Wildman–Crippen LogP) is 2.62. The van der Waals surface area contributed by atoms with E-state index in [0.717, 1.165) is 0 Å². The standard InChI is InChI=1S/C4H6Cl3/c1-4(6,7)2-3-5/h1-3H2. The van der Waals surface area contributed by atoms with Crippen molar-refractivity contribution in [1.29, 1.82) is 0 Å². The molecule has 0 aliphatic rings. The molecule has 0 aliphatic carbocycles. The van der Waals surface area contributed by atoms with Crippen LogP contribution in [0.1, 0.15) is 6.42 Å². The minimum atomic E-state index is -0.887. The van der Waals surface area contributed by atoms with Gasteiger partial charge in [0.15, 0.2) is 0 Å². The number of alkyl halides is 3. The molecule has 0 aliphatic heterocycles. The Kier molecular flexibility index (Phi) is 3.38. The van der Waals surface area contributed by atoms with Crippen molar-refractivity contribution in [2.75, 3.05) is 5.88 Å². The van der Waals surface area contributed by atoms with Crippen LogP contribution in [0.25, 0.3) is 0 Å². The molecule has 0 amide bonds. The molecule has 0 unspecified atom stereocenters. The molecule has 0 atom stereocenters. The summed E-state index contributed by atoms with van der Waals surface area (Å²) in [5, 5.41) is 0. The van der Waals surface area contributed by atoms with E-state index in [1.165, 1.54) is 0 Å². The topological polar surface area (TPSA) is 0 Å². The first kappa shape index (κ1) is 7.87. The summed E-state index contributed by atoms with van der Waals surface area (Å²) in [6.07, 6.45) is 0.525. The van der Waals surface area contributed by atoms with E-state index in [1.807, 2.05) is 0 Å². The van der Waals surface area contributed by atoms with Gasteiger partial charge in [-0.3, -0.25) is 0 Å². The molecule has 0 rings (SSSR count). The van der Waals surface area contributed by atoms with Gasteiger partial charge in [0.05, 0.1) is 0 Å². The van der Waals surface area contributed by atoms with Crippen molar-refractivity contribution in [3.8, 4) is 0 Å². The fourth-order valence-corrected chi connectivity index (χ4v) is 0.843. The van der Waals surface area contributed by atoms with Crippen LogP contribution < -0.4 is 0 Å². The zero-order valence-electron chi connectivity index (χ0n) is 3.76. The first-order chi connectivity index (χ1) is 3.06. The van der Waals surface area contributed by atoms with Crippen molar-refractivity contribution < 1.29 is 0 Å². The molecule has 7 heavy (non-hydrogen) atoms. The van der Waals surface area contributed by atoms with E-state index >= 15 is 0 Å². The van der Waals surface area contributed by atoms with Crippen molar-refractivity contribution in [2.24, 2.45) is 0 Å². The maximum atomic E-state index is 5.40. The molecule has 0 saturated carbocycles. The average Bonchev–Trinajstić information content (AvgIpc) is 1.30. The Bertz CT molecular complexity index is 45.4. The zero-order chi connectivity index (χ0) is 5.91. The summed E-state index contributed by atoms with van der Waals surface area (Å²) < 4.78 is -0.887. The molecule has 0 aromatic carbocycles. The molecule has 3 heteroatoms. The zero-order valence-corrected chi connectivity index (χ0v) is 6.02. The Morgan fingerprint density at radius 2 is 1.86 bits per heavy atom. The Morgan fingerprint density at radius 1 is 1.43 bits per heavy atom. The minimum Gasteiger partial charge on any atom is -0.127 e. The Labute approximate surface area is 58.7 Å². The summed E-state index contributed by atoms with van der Waals surface area (Å²) >= 11 is 16.1. The summed E-state index contributed by atoms with van der Waals surface area (Å²) in [6, 6.07) is 0. The van der Waals surface area contributed by atoms with Gasteiger partial charge in [-0.25, -0.2) is 0 Å². The van der Waals surface area contributed by atoms with E-state index in [-0.39, 0.29) is 0 Å². The summed E-state index contributed by atoms with van der Waals surface area (Å²) in [6.45, 7) is 3.41. The summed E-state index contributed by atoms with van der Waals surface area (Å²) in [5.41, 5.74) is 0. The molecular weight excluding hydrogens is 154 g/mol. The maximum absolute atomic E-state index is 5.40. The molecule has 0 spiro atoms. The fourth-order valence-electron chi connectivity index (χ4n) is 0.138. The molecule has 1 radical (unpaired) electrons. The van der Waals surface area contributed by atoms with Crippen molar-refractivity contribution in [3.63, 3.8) is 0 Å². The Morgan fingerprint density at radius 3 is 1.86 bits per heavy atom. The van der Waals surface area contributed by atoms with E-state index in [1.54, 1.807) is 0 Å². The molecular formula is C4H6Cl3. The lowest BCUT2D eigenvalue weighted by atomic mass is 10.4. The van der Waals surface area contributed by atoms with Gasteiger partial charge in [-0.1, -0.05) is 0 Å². The first-order valence-corrected chi connectivity index (χ1v) is 3.14. The summed E-state index contributed by atoms with van der Waals surface area (Å²) in [4.78, 5) is 0. The Balaban J connectivity index is 3.15. The lowest BCUT2D eigenvalue weighted by Crippen LogP contribution is -2.05. The minimum absolute atomic E-state index is 0.455. The van der Waals surface area contributed by atoms with Gasteiger partial charge >= 0.3 is 0 Å². The molecule has 0 nitrogen and oxygen atoms in total. The highest BCUT2D eigenvalue weighted by molar-refractivity contribution is 6.49. The van der Waals surface area contributed by atoms with Crippen LogP contribution in [0.15, 0.2) is 0 Å². The maximum Gasteiger partial charge on any atom is 0.119 e. The van der Waals surface area contributed by atoms with Crippen LogP contribution in [-0.2, 0) is 0 Å². The molecule has 0 aromatic heterocycles. The van der Waals surface area contributed by atoms with Crippen molar-refractivity contribution in [3.05, 3.63) is 6.92 Å². The highest BCUT2D eigenvalue weighted by Crippen LogP contribution is 2.23. The number of rotatable bonds is 2. The van der Waals surface area contributed by atoms with Gasteiger partial charge in [0.25, 0.3) is 0 Å². The van der Waals surface area contributed by atoms with Crippen LogP contribution in [0.3, 0.4) is 0 Å². The SMILES string of the molecule is [CH2]C(Cl)(Cl)CCCl. The molecule has 0 heterocycles. The van der Waals surface area contributed by atoms with Crippen molar-refractivity contribution >= 4 is 34.8 Å². The van der Waals surface area contributed by atoms with Crippen LogP contribution in [0.2, 0.25) is 0 Å². The fraction of sp³-hybridized carbons (Fsp3) is 0.750. The normalized spacial score (nSPS) is 12.0. The van der Waals surface area contributed by atoms with Crippen molar-refractivity contribution in [2.45, 2.75) is 10.8 Å². The quantitative estimate of drug-likeness (QED) is 0.545.